The lowest BCUT2D eigenvalue weighted by Crippen LogP contribution is -2.46. The topological polar surface area (TPSA) is 105 Å². The Bertz CT molecular complexity index is 811. The number of nitrogens with one attached hydrogen (secondary N) is 2. The Morgan fingerprint density at radius 3 is 2.79 bits per heavy atom. The second-order valence-electron chi connectivity index (χ2n) is 7.19. The normalized spacial score (nSPS) is 21.4. The van der Waals surface area contributed by atoms with Crippen LogP contribution in [0.2, 0.25) is 5.02 Å². The molecule has 1 atom stereocenters. The number of halogens is 1. The Hall–Kier alpha value is -2.61. The van der Waals surface area contributed by atoms with E-state index in [9.17, 15) is 19.2 Å². The molecule has 2 N–H and O–H groups in total. The standard InChI is InChI=1S/C19H22ClN3O5/c1-19(13-5-6-13)17(26)23(18(27)22-19)10-16(25)28-11-15(24)21-8-7-12-3-2-4-14(20)9-12/h2-4,9,13H,5-8,10-11H2,1H3,(H,21,24)(H,22,27)/t19-/m1/s1. The summed E-state index contributed by atoms with van der Waals surface area (Å²) in [5.41, 5.74) is 0.0248. The Morgan fingerprint density at radius 1 is 1.36 bits per heavy atom. The van der Waals surface area contributed by atoms with Gasteiger partial charge >= 0.3 is 12.0 Å². The first-order valence-corrected chi connectivity index (χ1v) is 9.48. The second-order valence-corrected chi connectivity index (χ2v) is 7.63. The van der Waals surface area contributed by atoms with Crippen molar-refractivity contribution in [2.24, 2.45) is 5.92 Å². The predicted octanol–water partition coefficient (Wildman–Crippen LogP) is 1.26. The van der Waals surface area contributed by atoms with Crippen molar-refractivity contribution >= 4 is 35.4 Å². The molecule has 4 amide bonds. The van der Waals surface area contributed by atoms with Gasteiger partial charge in [0.2, 0.25) is 0 Å². The molecule has 0 unspecified atom stereocenters. The molecule has 1 saturated carbocycles. The molecule has 1 saturated heterocycles. The molecule has 0 spiro atoms. The van der Waals surface area contributed by atoms with E-state index < -0.39 is 42.5 Å². The number of esters is 1. The van der Waals surface area contributed by atoms with Crippen LogP contribution in [0, 0.1) is 5.92 Å². The summed E-state index contributed by atoms with van der Waals surface area (Å²) >= 11 is 5.90. The van der Waals surface area contributed by atoms with Crippen molar-refractivity contribution in [3.63, 3.8) is 0 Å². The molecule has 1 aliphatic heterocycles. The van der Waals surface area contributed by atoms with Gasteiger partial charge in [-0.25, -0.2) is 4.79 Å². The average Bonchev–Trinajstić information content (AvgIpc) is 3.46. The molecule has 1 aromatic rings. The molecular weight excluding hydrogens is 386 g/mol. The number of hydrogen-bond acceptors (Lipinski definition) is 5. The third-order valence-electron chi connectivity index (χ3n) is 4.97. The van der Waals surface area contributed by atoms with Crippen molar-refractivity contribution in [3.8, 4) is 0 Å². The lowest BCUT2D eigenvalue weighted by molar-refractivity contribution is -0.151. The predicted molar refractivity (Wildman–Crippen MR) is 100 cm³/mol. The lowest BCUT2D eigenvalue weighted by Gasteiger charge is -2.20. The zero-order chi connectivity index (χ0) is 20.3. The molecule has 2 fully saturated rings. The fraction of sp³-hybridized carbons (Fsp3) is 0.474. The maximum Gasteiger partial charge on any atom is 0.326 e. The van der Waals surface area contributed by atoms with Crippen LogP contribution in [0.3, 0.4) is 0 Å². The molecule has 28 heavy (non-hydrogen) atoms. The van der Waals surface area contributed by atoms with Gasteiger partial charge in [0.15, 0.2) is 6.61 Å². The molecule has 1 heterocycles. The summed E-state index contributed by atoms with van der Waals surface area (Å²) in [4.78, 5) is 49.0. The van der Waals surface area contributed by atoms with Crippen LogP contribution in [0.5, 0.6) is 0 Å². The summed E-state index contributed by atoms with van der Waals surface area (Å²) < 4.78 is 4.88. The first-order chi connectivity index (χ1) is 13.3. The smallest absolute Gasteiger partial charge is 0.326 e. The molecule has 150 valence electrons. The molecule has 0 aromatic heterocycles. The largest absolute Gasteiger partial charge is 0.454 e. The average molecular weight is 408 g/mol. The van der Waals surface area contributed by atoms with Crippen LogP contribution in [0.25, 0.3) is 0 Å². The minimum atomic E-state index is -0.949. The van der Waals surface area contributed by atoms with Gasteiger partial charge in [-0.2, -0.15) is 0 Å². The van der Waals surface area contributed by atoms with E-state index in [1.165, 1.54) is 0 Å². The summed E-state index contributed by atoms with van der Waals surface area (Å²) in [6.45, 7) is 1.05. The molecule has 8 nitrogen and oxygen atoms in total. The molecule has 1 aliphatic carbocycles. The van der Waals surface area contributed by atoms with E-state index in [1.807, 2.05) is 12.1 Å². The first-order valence-electron chi connectivity index (χ1n) is 9.10. The number of urea groups is 1. The van der Waals surface area contributed by atoms with Gasteiger partial charge < -0.3 is 15.4 Å². The lowest BCUT2D eigenvalue weighted by atomic mass is 9.96. The summed E-state index contributed by atoms with van der Waals surface area (Å²) in [7, 11) is 0. The number of ether oxygens (including phenoxy) is 1. The van der Waals surface area contributed by atoms with E-state index in [-0.39, 0.29) is 5.92 Å². The molecule has 0 radical (unpaired) electrons. The molecular formula is C19H22ClN3O5. The second kappa shape index (κ2) is 8.18. The Labute approximate surface area is 167 Å². The van der Waals surface area contributed by atoms with Gasteiger partial charge in [0.1, 0.15) is 12.1 Å². The van der Waals surface area contributed by atoms with Crippen molar-refractivity contribution in [3.05, 3.63) is 34.9 Å². The summed E-state index contributed by atoms with van der Waals surface area (Å²) in [6.07, 6.45) is 2.33. The molecule has 2 aliphatic rings. The summed E-state index contributed by atoms with van der Waals surface area (Å²) in [5, 5.41) is 5.91. The van der Waals surface area contributed by atoms with Gasteiger partial charge in [-0.1, -0.05) is 23.7 Å². The monoisotopic (exact) mass is 407 g/mol. The zero-order valence-corrected chi connectivity index (χ0v) is 16.3. The fourth-order valence-corrected chi connectivity index (χ4v) is 3.42. The first kappa shape index (κ1) is 20.1. The van der Waals surface area contributed by atoms with Gasteiger partial charge in [-0.15, -0.1) is 0 Å². The van der Waals surface area contributed by atoms with Crippen LogP contribution in [-0.2, 0) is 25.5 Å². The number of amides is 4. The minimum absolute atomic E-state index is 0.107. The van der Waals surface area contributed by atoms with E-state index in [1.54, 1.807) is 19.1 Å². The fourth-order valence-electron chi connectivity index (χ4n) is 3.21. The highest BCUT2D eigenvalue weighted by atomic mass is 35.5. The van der Waals surface area contributed by atoms with Crippen molar-refractivity contribution in [1.82, 2.24) is 15.5 Å². The Morgan fingerprint density at radius 2 is 2.11 bits per heavy atom. The number of nitrogens with zero attached hydrogens (tertiary/aromatic N) is 1. The highest BCUT2D eigenvalue weighted by molar-refractivity contribution is 6.30. The molecule has 0 bridgehead atoms. The van der Waals surface area contributed by atoms with Crippen LogP contribution in [0.15, 0.2) is 24.3 Å². The van der Waals surface area contributed by atoms with E-state index in [0.717, 1.165) is 23.3 Å². The van der Waals surface area contributed by atoms with Crippen LogP contribution >= 0.6 is 11.6 Å². The van der Waals surface area contributed by atoms with Crippen molar-refractivity contribution in [1.29, 1.82) is 0 Å². The van der Waals surface area contributed by atoms with Crippen molar-refractivity contribution in [2.75, 3.05) is 19.7 Å². The number of rotatable bonds is 8. The zero-order valence-electron chi connectivity index (χ0n) is 15.5. The highest BCUT2D eigenvalue weighted by Crippen LogP contribution is 2.42. The number of benzene rings is 1. The third kappa shape index (κ3) is 4.62. The SMILES string of the molecule is C[C@]1(C2CC2)NC(=O)N(CC(=O)OCC(=O)NCCc2cccc(Cl)c2)C1=O. The van der Waals surface area contributed by atoms with E-state index in [4.69, 9.17) is 16.3 Å². The maximum atomic E-state index is 12.4. The van der Waals surface area contributed by atoms with E-state index in [0.29, 0.717) is 18.0 Å². The quantitative estimate of drug-likeness (QED) is 0.498. The van der Waals surface area contributed by atoms with Gasteiger partial charge in [0.05, 0.1) is 0 Å². The third-order valence-corrected chi connectivity index (χ3v) is 5.21. The van der Waals surface area contributed by atoms with Crippen LogP contribution in [0.4, 0.5) is 4.79 Å². The number of carbonyl (C=O) groups excluding carboxylic acids is 4. The number of carbonyl (C=O) groups is 4. The molecule has 3 rings (SSSR count). The Balaban J connectivity index is 1.38. The van der Waals surface area contributed by atoms with E-state index >= 15 is 0 Å². The van der Waals surface area contributed by atoms with Crippen molar-refractivity contribution < 1.29 is 23.9 Å². The van der Waals surface area contributed by atoms with Crippen LogP contribution < -0.4 is 10.6 Å². The van der Waals surface area contributed by atoms with E-state index in [2.05, 4.69) is 10.6 Å². The van der Waals surface area contributed by atoms with Crippen LogP contribution in [0.1, 0.15) is 25.3 Å². The molecule has 1 aromatic carbocycles. The molecule has 9 heteroatoms. The van der Waals surface area contributed by atoms with Crippen LogP contribution in [-0.4, -0.2) is 54.0 Å². The Kier molecular flexibility index (Phi) is 5.88. The minimum Gasteiger partial charge on any atom is -0.454 e. The van der Waals surface area contributed by atoms with Gasteiger partial charge in [-0.3, -0.25) is 19.3 Å². The van der Waals surface area contributed by atoms with Crippen molar-refractivity contribution in [2.45, 2.75) is 31.7 Å². The van der Waals surface area contributed by atoms with Gasteiger partial charge in [0.25, 0.3) is 11.8 Å². The number of imide groups is 1. The number of hydrogen-bond donors (Lipinski definition) is 2. The highest BCUT2D eigenvalue weighted by Gasteiger charge is 2.56. The maximum absolute atomic E-state index is 12.4. The summed E-state index contributed by atoms with van der Waals surface area (Å²) in [6, 6.07) is 6.68. The summed E-state index contributed by atoms with van der Waals surface area (Å²) in [5.74, 6) is -1.60. The van der Waals surface area contributed by atoms with Gasteiger partial charge in [-0.05, 0) is 49.8 Å². The van der Waals surface area contributed by atoms with Gasteiger partial charge in [0, 0.05) is 11.6 Å².